The normalized spacial score (nSPS) is 11.6. The molecule has 0 amide bonds. The lowest BCUT2D eigenvalue weighted by Crippen LogP contribution is -2.13. The molecule has 2 aromatic heterocycles. The number of Topliss-reactive ketones (excluding diaryl/α,β-unsaturated/α-hetero) is 1. The summed E-state index contributed by atoms with van der Waals surface area (Å²) < 4.78 is 12.8. The zero-order valence-electron chi connectivity index (χ0n) is 16.8. The predicted molar refractivity (Wildman–Crippen MR) is 105 cm³/mol. The van der Waals surface area contributed by atoms with E-state index >= 15 is 0 Å². The van der Waals surface area contributed by atoms with Crippen molar-refractivity contribution >= 4 is 5.78 Å². The van der Waals surface area contributed by atoms with Gasteiger partial charge in [0, 0.05) is 23.0 Å². The van der Waals surface area contributed by atoms with Crippen LogP contribution >= 0.6 is 0 Å². The fourth-order valence-corrected chi connectivity index (χ4v) is 3.13. The average molecular weight is 366 g/mol. The molecule has 0 aliphatic carbocycles. The molecule has 0 saturated heterocycles. The van der Waals surface area contributed by atoms with Crippen LogP contribution in [0.5, 0.6) is 5.75 Å². The summed E-state index contributed by atoms with van der Waals surface area (Å²) in [6, 6.07) is 11.6. The van der Waals surface area contributed by atoms with E-state index in [0.717, 1.165) is 17.1 Å². The van der Waals surface area contributed by atoms with E-state index in [4.69, 9.17) is 9.26 Å². The van der Waals surface area contributed by atoms with Crippen molar-refractivity contribution in [2.45, 2.75) is 47.0 Å². The summed E-state index contributed by atoms with van der Waals surface area (Å²) in [6.45, 7) is 12.2. The van der Waals surface area contributed by atoms with Crippen molar-refractivity contribution in [3.63, 3.8) is 0 Å². The van der Waals surface area contributed by atoms with Crippen molar-refractivity contribution in [1.82, 2.24) is 9.72 Å². The minimum absolute atomic E-state index is 0.00298. The first-order valence-corrected chi connectivity index (χ1v) is 9.06. The standard InChI is InChI=1S/C22H26N2O3/c1-14-11-19(16(3)24(14)21-12-15(2)27-23-21)20(25)13-26-18-9-7-17(8-10-18)22(4,5)6/h7-12H,13H2,1-6H3. The smallest absolute Gasteiger partial charge is 0.202 e. The molecule has 142 valence electrons. The highest BCUT2D eigenvalue weighted by Crippen LogP contribution is 2.25. The number of ketones is 1. The number of aromatic nitrogens is 2. The summed E-state index contributed by atoms with van der Waals surface area (Å²) in [5.74, 6) is 2.04. The quantitative estimate of drug-likeness (QED) is 0.600. The van der Waals surface area contributed by atoms with Gasteiger partial charge in [-0.25, -0.2) is 0 Å². The second-order valence-electron chi connectivity index (χ2n) is 7.90. The van der Waals surface area contributed by atoms with Gasteiger partial charge in [-0.15, -0.1) is 0 Å². The van der Waals surface area contributed by atoms with Gasteiger partial charge in [0.15, 0.2) is 12.4 Å². The van der Waals surface area contributed by atoms with E-state index in [1.165, 1.54) is 5.56 Å². The molecule has 0 saturated carbocycles. The van der Waals surface area contributed by atoms with Crippen LogP contribution in [0.1, 0.15) is 53.8 Å². The van der Waals surface area contributed by atoms with Gasteiger partial charge in [0.2, 0.25) is 5.78 Å². The first-order valence-electron chi connectivity index (χ1n) is 9.06. The van der Waals surface area contributed by atoms with Crippen LogP contribution in [0.3, 0.4) is 0 Å². The molecule has 0 aliphatic rings. The first-order chi connectivity index (χ1) is 12.7. The van der Waals surface area contributed by atoms with E-state index in [0.29, 0.717) is 17.1 Å². The van der Waals surface area contributed by atoms with Crippen LogP contribution in [0.15, 0.2) is 40.9 Å². The summed E-state index contributed by atoms with van der Waals surface area (Å²) in [5, 5.41) is 4.05. The number of carbonyl (C=O) groups is 1. The lowest BCUT2D eigenvalue weighted by molar-refractivity contribution is 0.0921. The Morgan fingerprint density at radius 3 is 2.33 bits per heavy atom. The summed E-state index contributed by atoms with van der Waals surface area (Å²) in [6.07, 6.45) is 0. The largest absolute Gasteiger partial charge is 0.485 e. The van der Waals surface area contributed by atoms with Crippen LogP contribution in [0.4, 0.5) is 0 Å². The highest BCUT2D eigenvalue weighted by atomic mass is 16.5. The third-order valence-electron chi connectivity index (χ3n) is 4.67. The number of carbonyl (C=O) groups excluding carboxylic acids is 1. The molecule has 5 heteroatoms. The lowest BCUT2D eigenvalue weighted by Gasteiger charge is -2.19. The third-order valence-corrected chi connectivity index (χ3v) is 4.67. The van der Waals surface area contributed by atoms with E-state index in [9.17, 15) is 4.79 Å². The molecular weight excluding hydrogens is 340 g/mol. The minimum atomic E-state index is -0.0607. The Bertz CT molecular complexity index is 957. The molecule has 27 heavy (non-hydrogen) atoms. The Morgan fingerprint density at radius 2 is 1.78 bits per heavy atom. The molecule has 0 atom stereocenters. The van der Waals surface area contributed by atoms with E-state index in [2.05, 4.69) is 25.9 Å². The minimum Gasteiger partial charge on any atom is -0.485 e. The van der Waals surface area contributed by atoms with Gasteiger partial charge < -0.3 is 9.26 Å². The Kier molecular flexibility index (Phi) is 4.96. The van der Waals surface area contributed by atoms with Crippen LogP contribution in [0.25, 0.3) is 5.82 Å². The SMILES string of the molecule is Cc1cc(-n2c(C)cc(C(=O)COc3ccc(C(C)(C)C)cc3)c2C)no1. The van der Waals surface area contributed by atoms with E-state index < -0.39 is 0 Å². The van der Waals surface area contributed by atoms with Crippen molar-refractivity contribution in [1.29, 1.82) is 0 Å². The molecule has 0 fully saturated rings. The summed E-state index contributed by atoms with van der Waals surface area (Å²) in [5.41, 5.74) is 3.72. The maximum atomic E-state index is 12.7. The van der Waals surface area contributed by atoms with Crippen molar-refractivity contribution in [3.8, 4) is 11.6 Å². The Hall–Kier alpha value is -2.82. The Balaban J connectivity index is 1.74. The number of benzene rings is 1. The molecule has 0 radical (unpaired) electrons. The Labute approximate surface area is 159 Å². The molecule has 3 rings (SSSR count). The maximum absolute atomic E-state index is 12.7. The van der Waals surface area contributed by atoms with Gasteiger partial charge >= 0.3 is 0 Å². The van der Waals surface area contributed by atoms with Crippen molar-refractivity contribution in [2.75, 3.05) is 6.61 Å². The topological polar surface area (TPSA) is 57.3 Å². The second-order valence-corrected chi connectivity index (χ2v) is 7.90. The highest BCUT2D eigenvalue weighted by Gasteiger charge is 2.19. The summed E-state index contributed by atoms with van der Waals surface area (Å²) in [4.78, 5) is 12.7. The lowest BCUT2D eigenvalue weighted by atomic mass is 9.87. The van der Waals surface area contributed by atoms with E-state index in [1.54, 1.807) is 0 Å². The molecule has 0 spiro atoms. The van der Waals surface area contributed by atoms with Crippen LogP contribution in [0, 0.1) is 20.8 Å². The Morgan fingerprint density at radius 1 is 1.11 bits per heavy atom. The molecule has 0 aliphatic heterocycles. The van der Waals surface area contributed by atoms with Gasteiger partial charge in [-0.1, -0.05) is 38.1 Å². The zero-order valence-corrected chi connectivity index (χ0v) is 16.8. The number of nitrogens with zero attached hydrogens (tertiary/aromatic N) is 2. The fraction of sp³-hybridized carbons (Fsp3) is 0.364. The van der Waals surface area contributed by atoms with Crippen LogP contribution < -0.4 is 4.74 Å². The van der Waals surface area contributed by atoms with Gasteiger partial charge in [0.1, 0.15) is 11.5 Å². The highest BCUT2D eigenvalue weighted by molar-refractivity contribution is 5.98. The van der Waals surface area contributed by atoms with Crippen LogP contribution in [0.2, 0.25) is 0 Å². The second kappa shape index (κ2) is 7.06. The van der Waals surface area contributed by atoms with Gasteiger partial charge in [0.05, 0.1) is 0 Å². The molecule has 2 heterocycles. The maximum Gasteiger partial charge on any atom is 0.202 e. The fourth-order valence-electron chi connectivity index (χ4n) is 3.13. The zero-order chi connectivity index (χ0) is 19.8. The number of rotatable bonds is 5. The van der Waals surface area contributed by atoms with Crippen molar-refractivity contribution < 1.29 is 14.1 Å². The number of hydrogen-bond donors (Lipinski definition) is 0. The molecule has 0 N–H and O–H groups in total. The van der Waals surface area contributed by atoms with Gasteiger partial charge in [-0.2, -0.15) is 0 Å². The monoisotopic (exact) mass is 366 g/mol. The van der Waals surface area contributed by atoms with E-state index in [-0.39, 0.29) is 17.8 Å². The molecule has 0 unspecified atom stereocenters. The number of ether oxygens (including phenoxy) is 1. The third kappa shape index (κ3) is 3.97. The van der Waals surface area contributed by atoms with Crippen LogP contribution in [-0.4, -0.2) is 22.1 Å². The van der Waals surface area contributed by atoms with Gasteiger partial charge in [-0.05, 0) is 49.9 Å². The van der Waals surface area contributed by atoms with E-state index in [1.807, 2.05) is 61.7 Å². The predicted octanol–water partition coefficient (Wildman–Crippen LogP) is 4.95. The number of aryl methyl sites for hydroxylation is 2. The van der Waals surface area contributed by atoms with Gasteiger partial charge in [-0.3, -0.25) is 9.36 Å². The van der Waals surface area contributed by atoms with Crippen molar-refractivity contribution in [2.24, 2.45) is 0 Å². The average Bonchev–Trinajstić information content (AvgIpc) is 3.15. The molecule has 5 nitrogen and oxygen atoms in total. The summed E-state index contributed by atoms with van der Waals surface area (Å²) >= 11 is 0. The van der Waals surface area contributed by atoms with Crippen LogP contribution in [-0.2, 0) is 5.41 Å². The number of hydrogen-bond acceptors (Lipinski definition) is 4. The summed E-state index contributed by atoms with van der Waals surface area (Å²) in [7, 11) is 0. The van der Waals surface area contributed by atoms with Crippen molar-refractivity contribution in [3.05, 3.63) is 64.7 Å². The first kappa shape index (κ1) is 19.0. The molecular formula is C22H26N2O3. The van der Waals surface area contributed by atoms with Gasteiger partial charge in [0.25, 0.3) is 0 Å². The molecule has 0 bridgehead atoms. The molecule has 1 aromatic carbocycles. The molecule has 3 aromatic rings.